The first-order valence-corrected chi connectivity index (χ1v) is 7.97. The first-order chi connectivity index (χ1) is 8.04. The van der Waals surface area contributed by atoms with Crippen LogP contribution in [0.15, 0.2) is 0 Å². The van der Waals surface area contributed by atoms with Crippen molar-refractivity contribution in [3.05, 3.63) is 0 Å². The molecule has 1 heterocycles. The van der Waals surface area contributed by atoms with E-state index in [0.29, 0.717) is 13.1 Å². The fourth-order valence-corrected chi connectivity index (χ4v) is 3.48. The van der Waals surface area contributed by atoms with Crippen LogP contribution in [0.4, 0.5) is 0 Å². The van der Waals surface area contributed by atoms with Crippen molar-refractivity contribution < 1.29 is 8.42 Å². The summed E-state index contributed by atoms with van der Waals surface area (Å²) in [5, 5.41) is 3.37. The number of piperidine rings is 1. The van der Waals surface area contributed by atoms with Crippen LogP contribution in [0.3, 0.4) is 0 Å². The summed E-state index contributed by atoms with van der Waals surface area (Å²) in [5.74, 6) is 0. The van der Waals surface area contributed by atoms with E-state index in [1.807, 2.05) is 0 Å². The van der Waals surface area contributed by atoms with Crippen molar-refractivity contribution in [2.24, 2.45) is 5.41 Å². The molecule has 1 aliphatic rings. The molecule has 0 aromatic carbocycles. The van der Waals surface area contributed by atoms with Crippen molar-refractivity contribution in [3.8, 4) is 0 Å². The Hall–Kier alpha value is -0.170. The van der Waals surface area contributed by atoms with Gasteiger partial charge in [0.05, 0.1) is 0 Å². The zero-order chi connectivity index (χ0) is 12.8. The van der Waals surface area contributed by atoms with E-state index >= 15 is 0 Å². The van der Waals surface area contributed by atoms with Crippen LogP contribution in [0.5, 0.6) is 0 Å². The molecular formula is C11H25N3O2S. The predicted molar refractivity (Wildman–Crippen MR) is 70.0 cm³/mol. The first kappa shape index (κ1) is 14.9. The van der Waals surface area contributed by atoms with Crippen molar-refractivity contribution in [3.63, 3.8) is 0 Å². The normalized spacial score (nSPS) is 26.0. The topological polar surface area (TPSA) is 70.2 Å². The van der Waals surface area contributed by atoms with Crippen LogP contribution in [0.1, 0.15) is 39.5 Å². The lowest BCUT2D eigenvalue weighted by atomic mass is 9.77. The second-order valence-corrected chi connectivity index (χ2v) is 6.44. The molecule has 1 unspecified atom stereocenters. The van der Waals surface area contributed by atoms with Gasteiger partial charge in [0, 0.05) is 19.6 Å². The fourth-order valence-electron chi connectivity index (χ4n) is 2.50. The summed E-state index contributed by atoms with van der Waals surface area (Å²) in [6, 6.07) is 0. The molecule has 6 heteroatoms. The van der Waals surface area contributed by atoms with Gasteiger partial charge >= 0.3 is 0 Å². The van der Waals surface area contributed by atoms with E-state index < -0.39 is 10.2 Å². The van der Waals surface area contributed by atoms with Crippen LogP contribution in [-0.2, 0) is 10.2 Å². The lowest BCUT2D eigenvalue weighted by Gasteiger charge is -2.37. The summed E-state index contributed by atoms with van der Waals surface area (Å²) in [4.78, 5) is 0. The Balaban J connectivity index is 2.55. The molecule has 0 bridgehead atoms. The maximum Gasteiger partial charge on any atom is 0.276 e. The van der Waals surface area contributed by atoms with Crippen LogP contribution in [0, 0.1) is 5.41 Å². The minimum atomic E-state index is -3.32. The molecule has 17 heavy (non-hydrogen) atoms. The molecule has 0 saturated carbocycles. The quantitative estimate of drug-likeness (QED) is 0.630. The molecule has 1 atom stereocenters. The van der Waals surface area contributed by atoms with Gasteiger partial charge in [0.1, 0.15) is 0 Å². The number of hydrogen-bond acceptors (Lipinski definition) is 3. The molecule has 102 valence electrons. The summed E-state index contributed by atoms with van der Waals surface area (Å²) in [6.07, 6.45) is 4.38. The summed E-state index contributed by atoms with van der Waals surface area (Å²) in [7, 11) is -3.32. The Bertz CT molecular complexity index is 305. The molecule has 0 radical (unpaired) electrons. The third-order valence-corrected chi connectivity index (χ3v) is 4.51. The van der Waals surface area contributed by atoms with Crippen molar-refractivity contribution in [1.29, 1.82) is 0 Å². The summed E-state index contributed by atoms with van der Waals surface area (Å²) < 4.78 is 28.3. The van der Waals surface area contributed by atoms with Gasteiger partial charge in [-0.05, 0) is 31.2 Å². The van der Waals surface area contributed by atoms with E-state index in [4.69, 9.17) is 0 Å². The predicted octanol–water partition coefficient (Wildman–Crippen LogP) is 0.600. The number of hydrogen-bond donors (Lipinski definition) is 3. The van der Waals surface area contributed by atoms with Gasteiger partial charge in [-0.3, -0.25) is 0 Å². The lowest BCUT2D eigenvalue weighted by molar-refractivity contribution is 0.192. The van der Waals surface area contributed by atoms with Gasteiger partial charge in [-0.2, -0.15) is 8.42 Å². The number of rotatable bonds is 7. The van der Waals surface area contributed by atoms with Crippen molar-refractivity contribution in [1.82, 2.24) is 14.8 Å². The van der Waals surface area contributed by atoms with Gasteiger partial charge in [0.25, 0.3) is 10.2 Å². The maximum atomic E-state index is 11.6. The van der Waals surface area contributed by atoms with E-state index in [2.05, 4.69) is 21.7 Å². The smallest absolute Gasteiger partial charge is 0.276 e. The second-order valence-electron chi connectivity index (χ2n) is 4.85. The Morgan fingerprint density at radius 2 is 2.06 bits per heavy atom. The van der Waals surface area contributed by atoms with Gasteiger partial charge in [0.15, 0.2) is 0 Å². The molecule has 0 aromatic heterocycles. The average molecular weight is 263 g/mol. The van der Waals surface area contributed by atoms with Gasteiger partial charge in [-0.1, -0.05) is 20.3 Å². The van der Waals surface area contributed by atoms with Crippen LogP contribution in [0.25, 0.3) is 0 Å². The SMILES string of the molecule is CCCC1(CNS(=O)(=O)NCC)CCCNC1. The third-order valence-electron chi connectivity index (χ3n) is 3.31. The highest BCUT2D eigenvalue weighted by Gasteiger charge is 2.32. The molecule has 1 saturated heterocycles. The second kappa shape index (κ2) is 6.68. The summed E-state index contributed by atoms with van der Waals surface area (Å²) >= 11 is 0. The van der Waals surface area contributed by atoms with Crippen LogP contribution in [-0.4, -0.2) is 34.6 Å². The van der Waals surface area contributed by atoms with Crippen LogP contribution in [0.2, 0.25) is 0 Å². The molecule has 0 aromatic rings. The Morgan fingerprint density at radius 3 is 2.59 bits per heavy atom. The molecule has 0 amide bonds. The monoisotopic (exact) mass is 263 g/mol. The highest BCUT2D eigenvalue weighted by molar-refractivity contribution is 7.87. The van der Waals surface area contributed by atoms with Crippen LogP contribution >= 0.6 is 0 Å². The minimum Gasteiger partial charge on any atom is -0.316 e. The molecular weight excluding hydrogens is 238 g/mol. The maximum absolute atomic E-state index is 11.6. The zero-order valence-electron chi connectivity index (χ0n) is 10.9. The molecule has 0 spiro atoms. The van der Waals surface area contributed by atoms with E-state index in [-0.39, 0.29) is 5.41 Å². The molecule has 1 aliphatic heterocycles. The standard InChI is InChI=1S/C11H25N3O2S/c1-3-6-11(7-5-8-12-9-11)10-14-17(15,16)13-4-2/h12-14H,3-10H2,1-2H3. The van der Waals surface area contributed by atoms with Crippen molar-refractivity contribution in [2.75, 3.05) is 26.2 Å². The Kier molecular flexibility index (Phi) is 5.85. The van der Waals surface area contributed by atoms with E-state index in [1.165, 1.54) is 0 Å². The van der Waals surface area contributed by atoms with Crippen molar-refractivity contribution >= 4 is 10.2 Å². The van der Waals surface area contributed by atoms with E-state index in [0.717, 1.165) is 38.8 Å². The summed E-state index contributed by atoms with van der Waals surface area (Å²) in [6.45, 7) is 6.84. The van der Waals surface area contributed by atoms with Gasteiger partial charge in [-0.15, -0.1) is 0 Å². The molecule has 1 rings (SSSR count). The third kappa shape index (κ3) is 4.91. The van der Waals surface area contributed by atoms with Gasteiger partial charge in [-0.25, -0.2) is 9.44 Å². The molecule has 0 aliphatic carbocycles. The molecule has 1 fully saturated rings. The zero-order valence-corrected chi connectivity index (χ0v) is 11.7. The molecule has 5 nitrogen and oxygen atoms in total. The largest absolute Gasteiger partial charge is 0.316 e. The molecule has 3 N–H and O–H groups in total. The van der Waals surface area contributed by atoms with E-state index in [9.17, 15) is 8.42 Å². The Labute approximate surface area is 105 Å². The van der Waals surface area contributed by atoms with Crippen molar-refractivity contribution in [2.45, 2.75) is 39.5 Å². The lowest BCUT2D eigenvalue weighted by Crippen LogP contribution is -2.49. The van der Waals surface area contributed by atoms with Gasteiger partial charge in [0.2, 0.25) is 0 Å². The first-order valence-electron chi connectivity index (χ1n) is 6.48. The summed E-state index contributed by atoms with van der Waals surface area (Å²) in [5.41, 5.74) is 0.0927. The highest BCUT2D eigenvalue weighted by atomic mass is 32.2. The average Bonchev–Trinajstić information content (AvgIpc) is 2.29. The van der Waals surface area contributed by atoms with Gasteiger partial charge < -0.3 is 5.32 Å². The van der Waals surface area contributed by atoms with E-state index in [1.54, 1.807) is 6.92 Å². The Morgan fingerprint density at radius 1 is 1.29 bits per heavy atom. The fraction of sp³-hybridized carbons (Fsp3) is 1.00. The minimum absolute atomic E-state index is 0.0927. The number of nitrogens with one attached hydrogen (secondary N) is 3. The van der Waals surface area contributed by atoms with Crippen LogP contribution < -0.4 is 14.8 Å². The highest BCUT2D eigenvalue weighted by Crippen LogP contribution is 2.30.